The Balaban J connectivity index is 3.19. The summed E-state index contributed by atoms with van der Waals surface area (Å²) in [6.07, 6.45) is 0. The third kappa shape index (κ3) is 3.40. The lowest BCUT2D eigenvalue weighted by Crippen LogP contribution is -2.29. The van der Waals surface area contributed by atoms with Crippen LogP contribution >= 0.6 is 0 Å². The number of nitrogens with one attached hydrogen (secondary N) is 1. The van der Waals surface area contributed by atoms with Crippen molar-refractivity contribution >= 4 is 10.0 Å². The van der Waals surface area contributed by atoms with Crippen molar-refractivity contribution in [1.82, 2.24) is 4.72 Å². The van der Waals surface area contributed by atoms with E-state index in [0.29, 0.717) is 24.7 Å². The predicted molar refractivity (Wildman–Crippen MR) is 81.8 cm³/mol. The molecule has 0 aromatic heterocycles. The Morgan fingerprint density at radius 3 is 1.80 bits per heavy atom. The molecule has 0 saturated carbocycles. The molecule has 1 aromatic rings. The molecule has 0 bridgehead atoms. The van der Waals surface area contributed by atoms with Crippen molar-refractivity contribution < 1.29 is 13.2 Å². The first-order valence-electron chi connectivity index (χ1n) is 6.88. The summed E-state index contributed by atoms with van der Waals surface area (Å²) >= 11 is 0. The molecule has 4 nitrogen and oxygen atoms in total. The van der Waals surface area contributed by atoms with Crippen LogP contribution in [-0.4, -0.2) is 28.2 Å². The maximum absolute atomic E-state index is 12.5. The molecule has 0 amide bonds. The molecule has 20 heavy (non-hydrogen) atoms. The van der Waals surface area contributed by atoms with Gasteiger partial charge < -0.3 is 4.74 Å². The molecule has 1 rings (SSSR count). The van der Waals surface area contributed by atoms with Crippen molar-refractivity contribution in [3.05, 3.63) is 27.8 Å². The molecule has 0 heterocycles. The van der Waals surface area contributed by atoms with E-state index in [4.69, 9.17) is 4.74 Å². The van der Waals surface area contributed by atoms with Crippen LogP contribution in [0.2, 0.25) is 0 Å². The molecule has 0 spiro atoms. The summed E-state index contributed by atoms with van der Waals surface area (Å²) in [5.41, 5.74) is 4.90. The lowest BCUT2D eigenvalue weighted by molar-refractivity contribution is 0.153. The SMILES string of the molecule is CCOCCNS(=O)(=O)c1c(C)c(C)c(C)c(C)c1C. The molecule has 1 N–H and O–H groups in total. The van der Waals surface area contributed by atoms with Crippen molar-refractivity contribution in [3.63, 3.8) is 0 Å². The lowest BCUT2D eigenvalue weighted by Gasteiger charge is -2.19. The van der Waals surface area contributed by atoms with E-state index in [1.54, 1.807) is 0 Å². The summed E-state index contributed by atoms with van der Waals surface area (Å²) in [6.45, 7) is 12.9. The largest absolute Gasteiger partial charge is 0.380 e. The minimum Gasteiger partial charge on any atom is -0.380 e. The molecular weight excluding hydrogens is 274 g/mol. The Bertz CT molecular complexity index is 563. The highest BCUT2D eigenvalue weighted by atomic mass is 32.2. The number of sulfonamides is 1. The fraction of sp³-hybridized carbons (Fsp3) is 0.600. The number of hydrogen-bond donors (Lipinski definition) is 1. The van der Waals surface area contributed by atoms with Crippen LogP contribution in [0.5, 0.6) is 0 Å². The Labute approximate surface area is 122 Å². The van der Waals surface area contributed by atoms with Crippen LogP contribution in [0, 0.1) is 34.6 Å². The van der Waals surface area contributed by atoms with E-state index >= 15 is 0 Å². The van der Waals surface area contributed by atoms with E-state index in [-0.39, 0.29) is 0 Å². The van der Waals surface area contributed by atoms with E-state index in [0.717, 1.165) is 27.8 Å². The molecule has 0 atom stereocenters. The normalized spacial score (nSPS) is 11.9. The molecule has 114 valence electrons. The molecule has 0 saturated heterocycles. The molecular formula is C15H25NO3S. The molecule has 0 fully saturated rings. The van der Waals surface area contributed by atoms with Crippen molar-refractivity contribution in [1.29, 1.82) is 0 Å². The molecule has 0 aliphatic carbocycles. The van der Waals surface area contributed by atoms with E-state index in [9.17, 15) is 8.42 Å². The fourth-order valence-electron chi connectivity index (χ4n) is 2.33. The van der Waals surface area contributed by atoms with Crippen LogP contribution in [0.3, 0.4) is 0 Å². The molecule has 1 aromatic carbocycles. The summed E-state index contributed by atoms with van der Waals surface area (Å²) in [5, 5.41) is 0. The number of ether oxygens (including phenoxy) is 1. The van der Waals surface area contributed by atoms with Gasteiger partial charge in [-0.3, -0.25) is 0 Å². The Hall–Kier alpha value is -0.910. The molecule has 0 unspecified atom stereocenters. The summed E-state index contributed by atoms with van der Waals surface area (Å²) in [7, 11) is -3.49. The summed E-state index contributed by atoms with van der Waals surface area (Å²) < 4.78 is 32.7. The van der Waals surface area contributed by atoms with E-state index in [2.05, 4.69) is 4.72 Å². The number of hydrogen-bond acceptors (Lipinski definition) is 3. The summed E-state index contributed by atoms with van der Waals surface area (Å²) in [5.74, 6) is 0. The summed E-state index contributed by atoms with van der Waals surface area (Å²) in [6, 6.07) is 0. The standard InChI is InChI=1S/C15H25NO3S/c1-7-19-9-8-16-20(17,18)15-13(5)11(3)10(2)12(4)14(15)6/h16H,7-9H2,1-6H3. The molecule has 0 aliphatic heterocycles. The van der Waals surface area contributed by atoms with Gasteiger partial charge in [-0.15, -0.1) is 0 Å². The number of rotatable bonds is 6. The molecule has 0 aliphatic rings. The quantitative estimate of drug-likeness (QED) is 0.821. The average molecular weight is 299 g/mol. The first kappa shape index (κ1) is 17.1. The Morgan fingerprint density at radius 1 is 0.900 bits per heavy atom. The molecule has 5 heteroatoms. The second-order valence-corrected chi connectivity index (χ2v) is 6.75. The van der Waals surface area contributed by atoms with Gasteiger partial charge in [-0.1, -0.05) is 0 Å². The van der Waals surface area contributed by atoms with Gasteiger partial charge in [0.1, 0.15) is 0 Å². The maximum atomic E-state index is 12.5. The fourth-order valence-corrected chi connectivity index (χ4v) is 3.94. The topological polar surface area (TPSA) is 55.4 Å². The van der Waals surface area contributed by atoms with Gasteiger partial charge in [0.15, 0.2) is 0 Å². The first-order valence-corrected chi connectivity index (χ1v) is 8.36. The van der Waals surface area contributed by atoms with Crippen LogP contribution in [-0.2, 0) is 14.8 Å². The van der Waals surface area contributed by atoms with Crippen molar-refractivity contribution in [2.75, 3.05) is 19.8 Å². The van der Waals surface area contributed by atoms with Crippen molar-refractivity contribution in [2.24, 2.45) is 0 Å². The highest BCUT2D eigenvalue weighted by molar-refractivity contribution is 7.89. The van der Waals surface area contributed by atoms with E-state index in [1.807, 2.05) is 41.5 Å². The monoisotopic (exact) mass is 299 g/mol. The van der Waals surface area contributed by atoms with Gasteiger partial charge in [-0.05, 0) is 69.4 Å². The smallest absolute Gasteiger partial charge is 0.241 e. The minimum atomic E-state index is -3.49. The van der Waals surface area contributed by atoms with Gasteiger partial charge in [0, 0.05) is 13.2 Å². The second kappa shape index (κ2) is 6.70. The maximum Gasteiger partial charge on any atom is 0.241 e. The van der Waals surface area contributed by atoms with Crippen LogP contribution in [0.1, 0.15) is 34.7 Å². The van der Waals surface area contributed by atoms with Gasteiger partial charge in [0.25, 0.3) is 0 Å². The zero-order valence-corrected chi connectivity index (χ0v) is 14.1. The average Bonchev–Trinajstić information content (AvgIpc) is 2.39. The van der Waals surface area contributed by atoms with Crippen LogP contribution in [0.4, 0.5) is 0 Å². The van der Waals surface area contributed by atoms with Gasteiger partial charge in [0.05, 0.1) is 11.5 Å². The van der Waals surface area contributed by atoms with Gasteiger partial charge >= 0.3 is 0 Å². The van der Waals surface area contributed by atoms with E-state index < -0.39 is 10.0 Å². The minimum absolute atomic E-state index is 0.293. The second-order valence-electron chi connectivity index (χ2n) is 5.05. The molecule has 0 radical (unpaired) electrons. The third-order valence-electron chi connectivity index (χ3n) is 3.94. The third-order valence-corrected chi connectivity index (χ3v) is 5.68. The van der Waals surface area contributed by atoms with Crippen LogP contribution in [0.15, 0.2) is 4.90 Å². The van der Waals surface area contributed by atoms with Crippen LogP contribution < -0.4 is 4.72 Å². The lowest BCUT2D eigenvalue weighted by atomic mass is 9.95. The number of benzene rings is 1. The van der Waals surface area contributed by atoms with Crippen molar-refractivity contribution in [3.8, 4) is 0 Å². The zero-order chi connectivity index (χ0) is 15.5. The van der Waals surface area contributed by atoms with Crippen LogP contribution in [0.25, 0.3) is 0 Å². The van der Waals surface area contributed by atoms with Crippen molar-refractivity contribution in [2.45, 2.75) is 46.4 Å². The predicted octanol–water partition coefficient (Wildman–Crippen LogP) is 2.54. The van der Waals surface area contributed by atoms with Gasteiger partial charge in [-0.25, -0.2) is 13.1 Å². The Kier molecular flexibility index (Phi) is 5.74. The first-order chi connectivity index (χ1) is 9.24. The van der Waals surface area contributed by atoms with E-state index in [1.165, 1.54) is 0 Å². The highest BCUT2D eigenvalue weighted by Gasteiger charge is 2.23. The zero-order valence-electron chi connectivity index (χ0n) is 13.3. The summed E-state index contributed by atoms with van der Waals surface area (Å²) in [4.78, 5) is 0.412. The van der Waals surface area contributed by atoms with Gasteiger partial charge in [-0.2, -0.15) is 0 Å². The highest BCUT2D eigenvalue weighted by Crippen LogP contribution is 2.29. The Morgan fingerprint density at radius 2 is 1.35 bits per heavy atom. The van der Waals surface area contributed by atoms with Gasteiger partial charge in [0.2, 0.25) is 10.0 Å².